The van der Waals surface area contributed by atoms with Gasteiger partial charge in [-0.2, -0.15) is 9.57 Å². The number of piperazine rings is 1. The molecule has 0 saturated carbocycles. The van der Waals surface area contributed by atoms with Gasteiger partial charge in [0.05, 0.1) is 25.1 Å². The maximum absolute atomic E-state index is 12.1. The van der Waals surface area contributed by atoms with Gasteiger partial charge < -0.3 is 4.98 Å². The first-order valence-corrected chi connectivity index (χ1v) is 6.66. The van der Waals surface area contributed by atoms with E-state index in [0.717, 1.165) is 0 Å². The molecule has 0 bridgehead atoms. The van der Waals surface area contributed by atoms with Gasteiger partial charge in [-0.05, 0) is 0 Å². The molecule has 7 nitrogen and oxygen atoms in total. The standard InChI is InChI=1S/C9H13N5O2S/c10-1-2-13-3-5-14(6-4-13)17(15,16)9-7-11-8-12-9/h7-8H,2-6H2,(H,11,12). The summed E-state index contributed by atoms with van der Waals surface area (Å²) in [5, 5.41) is 8.67. The van der Waals surface area contributed by atoms with Crippen LogP contribution in [0.15, 0.2) is 17.6 Å². The summed E-state index contributed by atoms with van der Waals surface area (Å²) in [5.74, 6) is 0. The van der Waals surface area contributed by atoms with Crippen molar-refractivity contribution >= 4 is 10.0 Å². The number of sulfonamides is 1. The fourth-order valence-electron chi connectivity index (χ4n) is 1.75. The van der Waals surface area contributed by atoms with Gasteiger partial charge in [0.15, 0.2) is 5.03 Å². The summed E-state index contributed by atoms with van der Waals surface area (Å²) >= 11 is 0. The highest BCUT2D eigenvalue weighted by Crippen LogP contribution is 2.14. The second-order valence-corrected chi connectivity index (χ2v) is 5.66. The number of nitrogens with zero attached hydrogens (tertiary/aromatic N) is 4. The van der Waals surface area contributed by atoms with Crippen LogP contribution in [-0.2, 0) is 10.0 Å². The van der Waals surface area contributed by atoms with Crippen LogP contribution < -0.4 is 0 Å². The molecule has 1 N–H and O–H groups in total. The van der Waals surface area contributed by atoms with Crippen molar-refractivity contribution in [2.45, 2.75) is 5.03 Å². The van der Waals surface area contributed by atoms with Crippen molar-refractivity contribution < 1.29 is 8.42 Å². The van der Waals surface area contributed by atoms with Crippen LogP contribution in [0.1, 0.15) is 0 Å². The lowest BCUT2D eigenvalue weighted by molar-refractivity contribution is 0.206. The lowest BCUT2D eigenvalue weighted by Gasteiger charge is -2.32. The Morgan fingerprint density at radius 2 is 2.12 bits per heavy atom. The molecule has 1 fully saturated rings. The van der Waals surface area contributed by atoms with E-state index in [1.54, 1.807) is 0 Å². The van der Waals surface area contributed by atoms with Crippen molar-refractivity contribution in [3.8, 4) is 6.07 Å². The van der Waals surface area contributed by atoms with Crippen LogP contribution in [0.5, 0.6) is 0 Å². The molecule has 1 aliphatic rings. The maximum Gasteiger partial charge on any atom is 0.260 e. The van der Waals surface area contributed by atoms with Gasteiger partial charge in [-0.15, -0.1) is 0 Å². The van der Waals surface area contributed by atoms with Crippen LogP contribution in [0.4, 0.5) is 0 Å². The van der Waals surface area contributed by atoms with E-state index in [1.165, 1.54) is 16.8 Å². The van der Waals surface area contributed by atoms with Crippen LogP contribution >= 0.6 is 0 Å². The van der Waals surface area contributed by atoms with E-state index in [1.807, 2.05) is 4.90 Å². The number of imidazole rings is 1. The number of H-pyrrole nitrogens is 1. The summed E-state index contributed by atoms with van der Waals surface area (Å²) in [6.45, 7) is 2.33. The van der Waals surface area contributed by atoms with Gasteiger partial charge in [0.25, 0.3) is 10.0 Å². The monoisotopic (exact) mass is 255 g/mol. The molecular formula is C9H13N5O2S. The van der Waals surface area contributed by atoms with Crippen molar-refractivity contribution in [2.75, 3.05) is 32.7 Å². The van der Waals surface area contributed by atoms with Crippen molar-refractivity contribution in [2.24, 2.45) is 0 Å². The molecular weight excluding hydrogens is 242 g/mol. The normalized spacial score (nSPS) is 19.0. The second-order valence-electron chi connectivity index (χ2n) is 3.75. The number of nitrogens with one attached hydrogen (secondary N) is 1. The molecule has 1 aromatic rings. The number of hydrogen-bond acceptors (Lipinski definition) is 5. The van der Waals surface area contributed by atoms with Crippen molar-refractivity contribution in [3.63, 3.8) is 0 Å². The fourth-order valence-corrected chi connectivity index (χ4v) is 3.07. The van der Waals surface area contributed by atoms with Gasteiger partial charge in [-0.1, -0.05) is 0 Å². The van der Waals surface area contributed by atoms with Gasteiger partial charge >= 0.3 is 0 Å². The molecule has 0 radical (unpaired) electrons. The molecule has 0 unspecified atom stereocenters. The van der Waals surface area contributed by atoms with Crippen LogP contribution in [0.2, 0.25) is 0 Å². The minimum Gasteiger partial charge on any atom is -0.335 e. The van der Waals surface area contributed by atoms with Gasteiger partial charge in [-0.25, -0.2) is 13.4 Å². The Bertz CT molecular complexity index is 496. The molecule has 92 valence electrons. The largest absolute Gasteiger partial charge is 0.335 e. The van der Waals surface area contributed by atoms with E-state index in [-0.39, 0.29) is 5.03 Å². The molecule has 17 heavy (non-hydrogen) atoms. The van der Waals surface area contributed by atoms with E-state index in [0.29, 0.717) is 32.7 Å². The number of nitriles is 1. The highest BCUT2D eigenvalue weighted by molar-refractivity contribution is 7.89. The topological polar surface area (TPSA) is 93.1 Å². The Balaban J connectivity index is 2.04. The van der Waals surface area contributed by atoms with E-state index in [9.17, 15) is 8.42 Å². The first kappa shape index (κ1) is 12.0. The molecule has 1 aromatic heterocycles. The summed E-state index contributed by atoms with van der Waals surface area (Å²) in [5.41, 5.74) is 0. The number of aromatic amines is 1. The third kappa shape index (κ3) is 2.46. The maximum atomic E-state index is 12.1. The summed E-state index contributed by atoms with van der Waals surface area (Å²) in [6.07, 6.45) is 2.65. The first-order valence-electron chi connectivity index (χ1n) is 5.22. The van der Waals surface area contributed by atoms with E-state index >= 15 is 0 Å². The molecule has 0 atom stereocenters. The van der Waals surface area contributed by atoms with Gasteiger partial charge in [0, 0.05) is 26.2 Å². The zero-order valence-corrected chi connectivity index (χ0v) is 10.0. The minimum absolute atomic E-state index is 0.117. The smallest absolute Gasteiger partial charge is 0.260 e. The summed E-state index contributed by atoms with van der Waals surface area (Å²) in [6, 6.07) is 2.06. The van der Waals surface area contributed by atoms with Crippen LogP contribution in [0.25, 0.3) is 0 Å². The van der Waals surface area contributed by atoms with Gasteiger partial charge in [0.1, 0.15) is 0 Å². The zero-order chi connectivity index (χ0) is 12.3. The highest BCUT2D eigenvalue weighted by atomic mass is 32.2. The number of hydrogen-bond donors (Lipinski definition) is 1. The van der Waals surface area contributed by atoms with E-state index in [2.05, 4.69) is 16.0 Å². The third-order valence-electron chi connectivity index (χ3n) is 2.72. The minimum atomic E-state index is -3.45. The van der Waals surface area contributed by atoms with Crippen molar-refractivity contribution in [1.29, 1.82) is 5.26 Å². The van der Waals surface area contributed by atoms with Crippen molar-refractivity contribution in [1.82, 2.24) is 19.2 Å². The Kier molecular flexibility index (Phi) is 3.42. The molecule has 1 saturated heterocycles. The average molecular weight is 255 g/mol. The number of rotatable bonds is 3. The molecule has 8 heteroatoms. The summed E-state index contributed by atoms with van der Waals surface area (Å²) in [7, 11) is -3.45. The van der Waals surface area contributed by atoms with E-state index < -0.39 is 10.0 Å². The number of aromatic nitrogens is 2. The zero-order valence-electron chi connectivity index (χ0n) is 9.20. The molecule has 0 spiro atoms. The van der Waals surface area contributed by atoms with Crippen LogP contribution in [-0.4, -0.2) is 60.3 Å². The third-order valence-corrected chi connectivity index (χ3v) is 4.54. The summed E-state index contributed by atoms with van der Waals surface area (Å²) in [4.78, 5) is 8.25. The molecule has 2 heterocycles. The second kappa shape index (κ2) is 4.83. The Morgan fingerprint density at radius 3 is 2.65 bits per heavy atom. The fraction of sp³-hybridized carbons (Fsp3) is 0.556. The SMILES string of the molecule is N#CCN1CCN(S(=O)(=O)c2cnc[nH]2)CC1. The predicted octanol–water partition coefficient (Wildman–Crippen LogP) is -0.760. The summed E-state index contributed by atoms with van der Waals surface area (Å²) < 4.78 is 25.6. The highest BCUT2D eigenvalue weighted by Gasteiger charge is 2.29. The quantitative estimate of drug-likeness (QED) is 0.717. The molecule has 2 rings (SSSR count). The van der Waals surface area contributed by atoms with Crippen molar-refractivity contribution in [3.05, 3.63) is 12.5 Å². The lowest BCUT2D eigenvalue weighted by Crippen LogP contribution is -2.48. The molecule has 0 aliphatic carbocycles. The van der Waals surface area contributed by atoms with Crippen LogP contribution in [0.3, 0.4) is 0 Å². The molecule has 0 amide bonds. The Labute approximate surface area is 99.7 Å². The van der Waals surface area contributed by atoms with Crippen LogP contribution in [0, 0.1) is 11.3 Å². The van der Waals surface area contributed by atoms with Gasteiger partial charge in [0.2, 0.25) is 0 Å². The van der Waals surface area contributed by atoms with E-state index in [4.69, 9.17) is 5.26 Å². The Hall–Kier alpha value is -1.43. The predicted molar refractivity (Wildman–Crippen MR) is 59.4 cm³/mol. The Morgan fingerprint density at radius 1 is 1.41 bits per heavy atom. The van der Waals surface area contributed by atoms with Gasteiger partial charge in [-0.3, -0.25) is 4.90 Å². The molecule has 0 aromatic carbocycles. The molecule has 1 aliphatic heterocycles. The first-order chi connectivity index (χ1) is 8.14. The lowest BCUT2D eigenvalue weighted by atomic mass is 10.4. The average Bonchev–Trinajstić information content (AvgIpc) is 2.84.